The van der Waals surface area contributed by atoms with Crippen LogP contribution in [0.25, 0.3) is 0 Å². The molecule has 2 aromatic rings. The first-order valence-electron chi connectivity index (χ1n) is 8.99. The van der Waals surface area contributed by atoms with E-state index in [-0.39, 0.29) is 17.9 Å². The third kappa shape index (κ3) is 6.33. The van der Waals surface area contributed by atoms with Crippen LogP contribution in [0.5, 0.6) is 11.5 Å². The van der Waals surface area contributed by atoms with E-state index in [1.165, 1.54) is 0 Å². The molecule has 6 heteroatoms. The summed E-state index contributed by atoms with van der Waals surface area (Å²) in [4.78, 5) is 24.2. The van der Waals surface area contributed by atoms with Gasteiger partial charge in [-0.1, -0.05) is 6.92 Å². The minimum Gasteiger partial charge on any atom is -0.497 e. The molecular formula is C21H26N2O4. The van der Waals surface area contributed by atoms with Crippen LogP contribution in [-0.4, -0.2) is 38.1 Å². The second-order valence-corrected chi connectivity index (χ2v) is 6.14. The molecule has 2 amide bonds. The Kier molecular flexibility index (Phi) is 7.67. The third-order valence-electron chi connectivity index (χ3n) is 4.11. The summed E-state index contributed by atoms with van der Waals surface area (Å²) in [5.74, 6) is 1.13. The zero-order valence-electron chi connectivity index (χ0n) is 16.0. The lowest BCUT2D eigenvalue weighted by Crippen LogP contribution is -2.32. The summed E-state index contributed by atoms with van der Waals surface area (Å²) in [6.45, 7) is 4.69. The van der Waals surface area contributed by atoms with Gasteiger partial charge in [-0.25, -0.2) is 0 Å². The average molecular weight is 370 g/mol. The maximum Gasteiger partial charge on any atom is 0.251 e. The maximum absolute atomic E-state index is 12.2. The molecule has 2 aromatic carbocycles. The topological polar surface area (TPSA) is 76.7 Å². The van der Waals surface area contributed by atoms with Crippen molar-refractivity contribution < 1.29 is 19.1 Å². The van der Waals surface area contributed by atoms with Gasteiger partial charge in [-0.2, -0.15) is 0 Å². The predicted octanol–water partition coefficient (Wildman–Crippen LogP) is 3.03. The van der Waals surface area contributed by atoms with Crippen LogP contribution in [0.15, 0.2) is 48.5 Å². The SMILES string of the molecule is CCC(C)NC(=O)c1ccc(C(=O)NCCOc2ccc(OC)cc2)cc1. The van der Waals surface area contributed by atoms with Gasteiger partial charge in [-0.05, 0) is 61.9 Å². The highest BCUT2D eigenvalue weighted by Gasteiger charge is 2.10. The number of ether oxygens (including phenoxy) is 2. The van der Waals surface area contributed by atoms with E-state index in [0.29, 0.717) is 30.0 Å². The molecule has 1 unspecified atom stereocenters. The van der Waals surface area contributed by atoms with E-state index >= 15 is 0 Å². The number of hydrogen-bond donors (Lipinski definition) is 2. The van der Waals surface area contributed by atoms with Crippen molar-refractivity contribution in [2.75, 3.05) is 20.3 Å². The van der Waals surface area contributed by atoms with Crippen LogP contribution in [0.4, 0.5) is 0 Å². The molecule has 0 aliphatic heterocycles. The number of methoxy groups -OCH3 is 1. The second-order valence-electron chi connectivity index (χ2n) is 6.14. The quantitative estimate of drug-likeness (QED) is 0.665. The fourth-order valence-corrected chi connectivity index (χ4v) is 2.29. The molecule has 0 spiro atoms. The van der Waals surface area contributed by atoms with E-state index in [1.54, 1.807) is 31.4 Å². The number of hydrogen-bond acceptors (Lipinski definition) is 4. The Morgan fingerprint density at radius 1 is 0.926 bits per heavy atom. The van der Waals surface area contributed by atoms with Crippen molar-refractivity contribution in [1.82, 2.24) is 10.6 Å². The Morgan fingerprint density at radius 2 is 1.48 bits per heavy atom. The van der Waals surface area contributed by atoms with Gasteiger partial charge in [0.1, 0.15) is 18.1 Å². The van der Waals surface area contributed by atoms with Crippen LogP contribution in [0.1, 0.15) is 41.0 Å². The van der Waals surface area contributed by atoms with Crippen molar-refractivity contribution in [3.05, 3.63) is 59.7 Å². The van der Waals surface area contributed by atoms with E-state index in [9.17, 15) is 9.59 Å². The standard InChI is InChI=1S/C21H26N2O4/c1-4-15(2)23-21(25)17-7-5-16(6-8-17)20(24)22-13-14-27-19-11-9-18(26-3)10-12-19/h5-12,15H,4,13-14H2,1-3H3,(H,22,24)(H,23,25). The number of nitrogens with one attached hydrogen (secondary N) is 2. The van der Waals surface area contributed by atoms with Crippen molar-refractivity contribution >= 4 is 11.8 Å². The molecule has 0 bridgehead atoms. The van der Waals surface area contributed by atoms with Crippen molar-refractivity contribution in [1.29, 1.82) is 0 Å². The maximum atomic E-state index is 12.2. The lowest BCUT2D eigenvalue weighted by atomic mass is 10.1. The normalized spacial score (nSPS) is 11.4. The molecule has 1 atom stereocenters. The predicted molar refractivity (Wildman–Crippen MR) is 104 cm³/mol. The molecule has 2 N–H and O–H groups in total. The number of carbonyl (C=O) groups excluding carboxylic acids is 2. The summed E-state index contributed by atoms with van der Waals surface area (Å²) in [6, 6.07) is 14.0. The van der Waals surface area contributed by atoms with Crippen molar-refractivity contribution in [3.63, 3.8) is 0 Å². The van der Waals surface area contributed by atoms with Gasteiger partial charge in [0.2, 0.25) is 0 Å². The summed E-state index contributed by atoms with van der Waals surface area (Å²) in [7, 11) is 1.61. The Morgan fingerprint density at radius 3 is 2.04 bits per heavy atom. The van der Waals surface area contributed by atoms with Crippen LogP contribution < -0.4 is 20.1 Å². The summed E-state index contributed by atoms with van der Waals surface area (Å²) in [6.07, 6.45) is 0.866. The van der Waals surface area contributed by atoms with E-state index < -0.39 is 0 Å². The highest BCUT2D eigenvalue weighted by Crippen LogP contribution is 2.16. The van der Waals surface area contributed by atoms with Gasteiger partial charge >= 0.3 is 0 Å². The minimum atomic E-state index is -0.206. The van der Waals surface area contributed by atoms with Crippen molar-refractivity contribution in [2.45, 2.75) is 26.3 Å². The monoisotopic (exact) mass is 370 g/mol. The molecule has 0 radical (unpaired) electrons. The van der Waals surface area contributed by atoms with Crippen LogP contribution in [0.3, 0.4) is 0 Å². The first-order valence-corrected chi connectivity index (χ1v) is 8.99. The van der Waals surface area contributed by atoms with Gasteiger partial charge in [-0.3, -0.25) is 9.59 Å². The molecule has 0 saturated heterocycles. The molecule has 0 saturated carbocycles. The molecule has 2 rings (SSSR count). The number of rotatable bonds is 9. The van der Waals surface area contributed by atoms with E-state index in [1.807, 2.05) is 38.1 Å². The van der Waals surface area contributed by atoms with Crippen LogP contribution in [-0.2, 0) is 0 Å². The summed E-state index contributed by atoms with van der Waals surface area (Å²) < 4.78 is 10.7. The summed E-state index contributed by atoms with van der Waals surface area (Å²) in [5, 5.41) is 5.69. The third-order valence-corrected chi connectivity index (χ3v) is 4.11. The molecule has 144 valence electrons. The van der Waals surface area contributed by atoms with E-state index in [2.05, 4.69) is 10.6 Å². The zero-order chi connectivity index (χ0) is 19.6. The largest absolute Gasteiger partial charge is 0.497 e. The Bertz CT molecular complexity index is 742. The molecule has 0 fully saturated rings. The fourth-order valence-electron chi connectivity index (χ4n) is 2.29. The van der Waals surface area contributed by atoms with Gasteiger partial charge in [0.05, 0.1) is 13.7 Å². The van der Waals surface area contributed by atoms with Gasteiger partial charge in [0.25, 0.3) is 11.8 Å². The molecule has 27 heavy (non-hydrogen) atoms. The molecule has 0 heterocycles. The van der Waals surface area contributed by atoms with Crippen LogP contribution in [0.2, 0.25) is 0 Å². The first kappa shape index (κ1) is 20.3. The molecule has 0 aliphatic rings. The summed E-state index contributed by atoms with van der Waals surface area (Å²) >= 11 is 0. The van der Waals surface area contributed by atoms with Crippen molar-refractivity contribution in [2.24, 2.45) is 0 Å². The molecule has 6 nitrogen and oxygen atoms in total. The van der Waals surface area contributed by atoms with Crippen LogP contribution in [0, 0.1) is 0 Å². The highest BCUT2D eigenvalue weighted by molar-refractivity contribution is 5.97. The Balaban J connectivity index is 1.77. The lowest BCUT2D eigenvalue weighted by Gasteiger charge is -2.11. The number of amides is 2. The van der Waals surface area contributed by atoms with Crippen LogP contribution >= 0.6 is 0 Å². The smallest absolute Gasteiger partial charge is 0.251 e. The highest BCUT2D eigenvalue weighted by atomic mass is 16.5. The van der Waals surface area contributed by atoms with E-state index in [4.69, 9.17) is 9.47 Å². The fraction of sp³-hybridized carbons (Fsp3) is 0.333. The molecule has 0 aliphatic carbocycles. The Hall–Kier alpha value is -3.02. The molecule has 0 aromatic heterocycles. The zero-order valence-corrected chi connectivity index (χ0v) is 16.0. The van der Waals surface area contributed by atoms with Gasteiger partial charge in [0.15, 0.2) is 0 Å². The van der Waals surface area contributed by atoms with Gasteiger partial charge in [0, 0.05) is 17.2 Å². The minimum absolute atomic E-state index is 0.117. The van der Waals surface area contributed by atoms with Gasteiger partial charge < -0.3 is 20.1 Å². The summed E-state index contributed by atoms with van der Waals surface area (Å²) in [5.41, 5.74) is 1.04. The first-order chi connectivity index (χ1) is 13.0. The lowest BCUT2D eigenvalue weighted by molar-refractivity contribution is 0.0930. The average Bonchev–Trinajstić information content (AvgIpc) is 2.71. The number of benzene rings is 2. The van der Waals surface area contributed by atoms with Crippen molar-refractivity contribution in [3.8, 4) is 11.5 Å². The van der Waals surface area contributed by atoms with E-state index in [0.717, 1.165) is 12.2 Å². The second kappa shape index (κ2) is 10.2. The van der Waals surface area contributed by atoms with Gasteiger partial charge in [-0.15, -0.1) is 0 Å². The Labute approximate surface area is 159 Å². The number of carbonyl (C=O) groups is 2. The molecular weight excluding hydrogens is 344 g/mol.